The van der Waals surface area contributed by atoms with Crippen LogP contribution in [0.2, 0.25) is 0 Å². The zero-order valence-electron chi connectivity index (χ0n) is 13.7. The molecule has 0 heterocycles. The Hall–Kier alpha value is -1.55. The quantitative estimate of drug-likeness (QED) is 0.660. The molecule has 0 unspecified atom stereocenters. The molecule has 0 fully saturated rings. The summed E-state index contributed by atoms with van der Waals surface area (Å²) in [5.41, 5.74) is 2.37. The summed E-state index contributed by atoms with van der Waals surface area (Å²) in [6, 6.07) is 18.4. The second-order valence-corrected chi connectivity index (χ2v) is 5.11. The SMILES string of the molecule is CCOCCCNCc1ccccc1OCc1ccccc1.Cl. The lowest BCUT2D eigenvalue weighted by atomic mass is 10.2. The number of hydrogen-bond donors (Lipinski definition) is 1. The molecule has 0 saturated heterocycles. The zero-order valence-corrected chi connectivity index (χ0v) is 14.5. The molecular weight excluding hydrogens is 310 g/mol. The highest BCUT2D eigenvalue weighted by atomic mass is 35.5. The average molecular weight is 336 g/mol. The van der Waals surface area contributed by atoms with Crippen LogP contribution in [0.4, 0.5) is 0 Å². The maximum absolute atomic E-state index is 5.95. The van der Waals surface area contributed by atoms with Crippen molar-refractivity contribution in [3.8, 4) is 5.75 Å². The molecule has 2 rings (SSSR count). The van der Waals surface area contributed by atoms with Crippen LogP contribution in [0.1, 0.15) is 24.5 Å². The minimum absolute atomic E-state index is 0. The van der Waals surface area contributed by atoms with E-state index in [9.17, 15) is 0 Å². The van der Waals surface area contributed by atoms with Crippen LogP contribution in [0.3, 0.4) is 0 Å². The standard InChI is InChI=1S/C19H25NO2.ClH/c1-2-21-14-8-13-20-15-18-11-6-7-12-19(18)22-16-17-9-4-3-5-10-17;/h3-7,9-12,20H,2,8,13-16H2,1H3;1H. The van der Waals surface area contributed by atoms with Gasteiger partial charge in [-0.05, 0) is 31.5 Å². The van der Waals surface area contributed by atoms with E-state index in [4.69, 9.17) is 9.47 Å². The van der Waals surface area contributed by atoms with Crippen LogP contribution < -0.4 is 10.1 Å². The molecule has 0 atom stereocenters. The Bertz CT molecular complexity index is 534. The van der Waals surface area contributed by atoms with Crippen LogP contribution in [0.25, 0.3) is 0 Å². The van der Waals surface area contributed by atoms with E-state index in [1.54, 1.807) is 0 Å². The van der Waals surface area contributed by atoms with E-state index < -0.39 is 0 Å². The fourth-order valence-electron chi connectivity index (χ4n) is 2.19. The van der Waals surface area contributed by atoms with Gasteiger partial charge in [-0.25, -0.2) is 0 Å². The van der Waals surface area contributed by atoms with Crippen LogP contribution in [0.15, 0.2) is 54.6 Å². The molecule has 126 valence electrons. The Labute approximate surface area is 145 Å². The maximum atomic E-state index is 5.95. The first-order valence-corrected chi connectivity index (χ1v) is 7.93. The van der Waals surface area contributed by atoms with Gasteiger partial charge < -0.3 is 14.8 Å². The van der Waals surface area contributed by atoms with E-state index in [-0.39, 0.29) is 12.4 Å². The third kappa shape index (κ3) is 7.51. The number of rotatable bonds is 10. The number of hydrogen-bond acceptors (Lipinski definition) is 3. The van der Waals surface area contributed by atoms with Gasteiger partial charge in [0.05, 0.1) is 0 Å². The van der Waals surface area contributed by atoms with Gasteiger partial charge in [0.1, 0.15) is 12.4 Å². The molecule has 4 heteroatoms. The monoisotopic (exact) mass is 335 g/mol. The first-order chi connectivity index (χ1) is 10.9. The summed E-state index contributed by atoms with van der Waals surface area (Å²) in [7, 11) is 0. The first kappa shape index (κ1) is 19.5. The minimum atomic E-state index is 0. The molecule has 0 saturated carbocycles. The summed E-state index contributed by atoms with van der Waals surface area (Å²) in [6.45, 7) is 5.99. The Morgan fingerprint density at radius 3 is 2.48 bits per heavy atom. The molecule has 2 aromatic rings. The largest absolute Gasteiger partial charge is 0.489 e. The summed E-state index contributed by atoms with van der Waals surface area (Å²) in [5.74, 6) is 0.948. The van der Waals surface area contributed by atoms with Gasteiger partial charge in [-0.2, -0.15) is 0 Å². The van der Waals surface area contributed by atoms with E-state index in [0.717, 1.165) is 38.5 Å². The van der Waals surface area contributed by atoms with Crippen LogP contribution >= 0.6 is 12.4 Å². The highest BCUT2D eigenvalue weighted by molar-refractivity contribution is 5.85. The van der Waals surface area contributed by atoms with E-state index in [1.807, 2.05) is 43.3 Å². The van der Waals surface area contributed by atoms with Crippen LogP contribution in [-0.2, 0) is 17.9 Å². The molecule has 0 amide bonds. The van der Waals surface area contributed by atoms with E-state index >= 15 is 0 Å². The molecule has 0 spiro atoms. The summed E-state index contributed by atoms with van der Waals surface area (Å²) in [5, 5.41) is 3.44. The minimum Gasteiger partial charge on any atom is -0.489 e. The van der Waals surface area contributed by atoms with Crippen molar-refractivity contribution in [2.45, 2.75) is 26.5 Å². The van der Waals surface area contributed by atoms with Crippen molar-refractivity contribution < 1.29 is 9.47 Å². The van der Waals surface area contributed by atoms with Crippen molar-refractivity contribution in [2.24, 2.45) is 0 Å². The predicted octanol–water partition coefficient (Wildman–Crippen LogP) is 4.20. The molecule has 0 aliphatic heterocycles. The summed E-state index contributed by atoms with van der Waals surface area (Å²) in [4.78, 5) is 0. The zero-order chi connectivity index (χ0) is 15.5. The van der Waals surface area contributed by atoms with Crippen molar-refractivity contribution in [2.75, 3.05) is 19.8 Å². The Morgan fingerprint density at radius 1 is 0.957 bits per heavy atom. The second kappa shape index (κ2) is 11.9. The summed E-state index contributed by atoms with van der Waals surface area (Å²) < 4.78 is 11.3. The molecule has 0 radical (unpaired) electrons. The van der Waals surface area contributed by atoms with Gasteiger partial charge in [0, 0.05) is 25.3 Å². The van der Waals surface area contributed by atoms with Gasteiger partial charge in [0.25, 0.3) is 0 Å². The molecule has 23 heavy (non-hydrogen) atoms. The smallest absolute Gasteiger partial charge is 0.124 e. The lowest BCUT2D eigenvalue weighted by Gasteiger charge is -2.12. The van der Waals surface area contributed by atoms with Gasteiger partial charge in [-0.15, -0.1) is 12.4 Å². The third-order valence-corrected chi connectivity index (χ3v) is 3.37. The lowest BCUT2D eigenvalue weighted by molar-refractivity contribution is 0.144. The third-order valence-electron chi connectivity index (χ3n) is 3.37. The molecule has 0 bridgehead atoms. The van der Waals surface area contributed by atoms with Gasteiger partial charge in [-0.3, -0.25) is 0 Å². The molecule has 2 aromatic carbocycles. The predicted molar refractivity (Wildman–Crippen MR) is 97.3 cm³/mol. The number of nitrogens with one attached hydrogen (secondary N) is 1. The van der Waals surface area contributed by atoms with Gasteiger partial charge >= 0.3 is 0 Å². The second-order valence-electron chi connectivity index (χ2n) is 5.11. The number of para-hydroxylation sites is 1. The van der Waals surface area contributed by atoms with Crippen LogP contribution in [0, 0.1) is 0 Å². The highest BCUT2D eigenvalue weighted by Gasteiger charge is 2.03. The Morgan fingerprint density at radius 2 is 1.70 bits per heavy atom. The van der Waals surface area contributed by atoms with Crippen molar-refractivity contribution in [3.63, 3.8) is 0 Å². The average Bonchev–Trinajstić information content (AvgIpc) is 2.58. The van der Waals surface area contributed by atoms with Crippen molar-refractivity contribution in [1.82, 2.24) is 5.32 Å². The molecule has 0 aliphatic rings. The van der Waals surface area contributed by atoms with Crippen molar-refractivity contribution >= 4 is 12.4 Å². The topological polar surface area (TPSA) is 30.5 Å². The molecule has 1 N–H and O–H groups in total. The molecular formula is C19H26ClNO2. The summed E-state index contributed by atoms with van der Waals surface area (Å²) >= 11 is 0. The Kier molecular flexibility index (Phi) is 10.1. The van der Waals surface area contributed by atoms with Crippen molar-refractivity contribution in [3.05, 3.63) is 65.7 Å². The molecule has 3 nitrogen and oxygen atoms in total. The first-order valence-electron chi connectivity index (χ1n) is 7.93. The normalized spacial score (nSPS) is 10.1. The van der Waals surface area contributed by atoms with E-state index in [1.165, 1.54) is 11.1 Å². The lowest BCUT2D eigenvalue weighted by Crippen LogP contribution is -2.17. The fourth-order valence-corrected chi connectivity index (χ4v) is 2.19. The maximum Gasteiger partial charge on any atom is 0.124 e. The molecule has 0 aliphatic carbocycles. The number of halogens is 1. The van der Waals surface area contributed by atoms with Crippen molar-refractivity contribution in [1.29, 1.82) is 0 Å². The van der Waals surface area contributed by atoms with Gasteiger partial charge in [-0.1, -0.05) is 48.5 Å². The van der Waals surface area contributed by atoms with Crippen LogP contribution in [-0.4, -0.2) is 19.8 Å². The van der Waals surface area contributed by atoms with E-state index in [0.29, 0.717) is 6.61 Å². The fraction of sp³-hybridized carbons (Fsp3) is 0.368. The van der Waals surface area contributed by atoms with Gasteiger partial charge in [0.2, 0.25) is 0 Å². The molecule has 0 aromatic heterocycles. The Balaban J connectivity index is 0.00000264. The number of benzene rings is 2. The summed E-state index contributed by atoms with van der Waals surface area (Å²) in [6.07, 6.45) is 1.03. The number of ether oxygens (including phenoxy) is 2. The van der Waals surface area contributed by atoms with Crippen LogP contribution in [0.5, 0.6) is 5.75 Å². The van der Waals surface area contributed by atoms with E-state index in [2.05, 4.69) is 23.5 Å². The van der Waals surface area contributed by atoms with Gasteiger partial charge in [0.15, 0.2) is 0 Å². The highest BCUT2D eigenvalue weighted by Crippen LogP contribution is 2.19.